The molecule has 0 bridgehead atoms. The van der Waals surface area contributed by atoms with Crippen LogP contribution in [0.15, 0.2) is 48.8 Å². The van der Waals surface area contributed by atoms with Crippen LogP contribution in [0.2, 0.25) is 0 Å². The highest BCUT2D eigenvalue weighted by molar-refractivity contribution is 5.09. The lowest BCUT2D eigenvalue weighted by atomic mass is 10.1. The molecule has 0 radical (unpaired) electrons. The first-order valence-corrected chi connectivity index (χ1v) is 8.65. The highest BCUT2D eigenvalue weighted by Crippen LogP contribution is 2.32. The molecule has 2 aliphatic heterocycles. The predicted molar refractivity (Wildman–Crippen MR) is 91.8 cm³/mol. The molecule has 0 aromatic carbocycles. The van der Waals surface area contributed by atoms with E-state index >= 15 is 0 Å². The van der Waals surface area contributed by atoms with Crippen LogP contribution in [0.1, 0.15) is 11.4 Å². The van der Waals surface area contributed by atoms with Gasteiger partial charge in [0.15, 0.2) is 0 Å². The summed E-state index contributed by atoms with van der Waals surface area (Å²) in [6.45, 7) is 2.68. The van der Waals surface area contributed by atoms with Crippen molar-refractivity contribution in [3.05, 3.63) is 60.2 Å². The molecule has 2 aliphatic rings. The zero-order valence-corrected chi connectivity index (χ0v) is 14.3. The number of pyridine rings is 2. The Labute approximate surface area is 147 Å². The summed E-state index contributed by atoms with van der Waals surface area (Å²) in [5, 5.41) is 0. The quantitative estimate of drug-likeness (QED) is 0.796. The van der Waals surface area contributed by atoms with E-state index in [1.807, 2.05) is 48.8 Å². The van der Waals surface area contributed by atoms with E-state index in [0.717, 1.165) is 24.5 Å². The van der Waals surface area contributed by atoms with Gasteiger partial charge >= 0.3 is 0 Å². The van der Waals surface area contributed by atoms with Crippen molar-refractivity contribution in [1.82, 2.24) is 14.9 Å². The molecule has 0 amide bonds. The van der Waals surface area contributed by atoms with Crippen molar-refractivity contribution in [2.75, 3.05) is 20.3 Å². The van der Waals surface area contributed by atoms with Gasteiger partial charge in [-0.1, -0.05) is 12.1 Å². The van der Waals surface area contributed by atoms with Crippen molar-refractivity contribution in [2.24, 2.45) is 0 Å². The van der Waals surface area contributed by atoms with Gasteiger partial charge in [0.25, 0.3) is 0 Å². The third kappa shape index (κ3) is 3.57. The number of nitrogens with zero attached hydrogens (tertiary/aromatic N) is 3. The van der Waals surface area contributed by atoms with E-state index < -0.39 is 0 Å². The second-order valence-corrected chi connectivity index (χ2v) is 6.48. The molecule has 0 N–H and O–H groups in total. The lowest BCUT2D eigenvalue weighted by molar-refractivity contribution is -0.0131. The summed E-state index contributed by atoms with van der Waals surface area (Å²) in [4.78, 5) is 11.3. The van der Waals surface area contributed by atoms with Crippen molar-refractivity contribution in [1.29, 1.82) is 0 Å². The van der Waals surface area contributed by atoms with Crippen molar-refractivity contribution < 1.29 is 14.2 Å². The van der Waals surface area contributed by atoms with Crippen molar-refractivity contribution in [2.45, 2.75) is 37.4 Å². The summed E-state index contributed by atoms with van der Waals surface area (Å²) >= 11 is 0. The minimum Gasteiger partial charge on any atom is -0.376 e. The zero-order valence-electron chi connectivity index (χ0n) is 14.3. The highest BCUT2D eigenvalue weighted by Gasteiger charge is 2.49. The molecular weight excluding hydrogens is 318 g/mol. The minimum atomic E-state index is 0.00460. The molecule has 2 aromatic heterocycles. The Morgan fingerprint density at radius 1 is 0.960 bits per heavy atom. The number of fused-ring (bicyclic) bond motifs is 1. The molecule has 4 atom stereocenters. The van der Waals surface area contributed by atoms with Crippen molar-refractivity contribution >= 4 is 0 Å². The van der Waals surface area contributed by atoms with Crippen molar-refractivity contribution in [3.8, 4) is 0 Å². The summed E-state index contributed by atoms with van der Waals surface area (Å²) in [5.74, 6) is 0. The van der Waals surface area contributed by atoms with Crippen LogP contribution in [0.25, 0.3) is 0 Å². The van der Waals surface area contributed by atoms with Gasteiger partial charge in [0.2, 0.25) is 0 Å². The van der Waals surface area contributed by atoms with Gasteiger partial charge in [-0.2, -0.15) is 0 Å². The average molecular weight is 341 g/mol. The number of hydrogen-bond acceptors (Lipinski definition) is 6. The molecule has 2 saturated heterocycles. The molecule has 0 spiro atoms. The maximum atomic E-state index is 6.02. The average Bonchev–Trinajstić information content (AvgIpc) is 3.24. The van der Waals surface area contributed by atoms with E-state index in [0.29, 0.717) is 13.2 Å². The summed E-state index contributed by atoms with van der Waals surface area (Å²) in [6, 6.07) is 12.2. The number of aromatic nitrogens is 2. The normalized spacial score (nSPS) is 28.4. The molecule has 0 aliphatic carbocycles. The van der Waals surface area contributed by atoms with Crippen molar-refractivity contribution in [3.63, 3.8) is 0 Å². The summed E-state index contributed by atoms with van der Waals surface area (Å²) in [7, 11) is 1.71. The van der Waals surface area contributed by atoms with Gasteiger partial charge < -0.3 is 14.2 Å². The van der Waals surface area contributed by atoms with Gasteiger partial charge in [0.1, 0.15) is 18.3 Å². The fourth-order valence-corrected chi connectivity index (χ4v) is 3.65. The van der Waals surface area contributed by atoms with Gasteiger partial charge in [-0.3, -0.25) is 14.9 Å². The highest BCUT2D eigenvalue weighted by atomic mass is 16.6. The van der Waals surface area contributed by atoms with Crippen LogP contribution in [-0.2, 0) is 27.3 Å². The SMILES string of the molecule is COC1CO[C@H]2[C@@H]1OC[C@@H]2N(Cc1ccccn1)Cc1ccccn1. The molecule has 2 aromatic rings. The van der Waals surface area contributed by atoms with Crippen LogP contribution in [0.5, 0.6) is 0 Å². The van der Waals surface area contributed by atoms with E-state index in [1.165, 1.54) is 0 Å². The molecular formula is C19H23N3O3. The first kappa shape index (κ1) is 16.6. The number of ether oxygens (including phenoxy) is 3. The standard InChI is InChI=1S/C19H23N3O3/c1-23-17-13-25-18-16(12-24-19(17)18)22(10-14-6-2-4-8-20-14)11-15-7-3-5-9-21-15/h2-9,16-19H,10-13H2,1H3/t16-,17?,18+,19+/m0/s1. The van der Waals surface area contributed by atoms with Crippen LogP contribution in [0.4, 0.5) is 0 Å². The molecule has 1 unspecified atom stereocenters. The number of rotatable bonds is 6. The van der Waals surface area contributed by atoms with E-state index in [-0.39, 0.29) is 24.4 Å². The molecule has 4 rings (SSSR count). The summed E-state index contributed by atoms with van der Waals surface area (Å²) in [5.41, 5.74) is 2.06. The Kier molecular flexibility index (Phi) is 5.03. The Hall–Kier alpha value is -1.86. The number of methoxy groups -OCH3 is 1. The third-order valence-corrected chi connectivity index (χ3v) is 4.94. The molecule has 6 nitrogen and oxygen atoms in total. The van der Waals surface area contributed by atoms with Gasteiger partial charge in [-0.05, 0) is 24.3 Å². The largest absolute Gasteiger partial charge is 0.376 e. The van der Waals surface area contributed by atoms with Gasteiger partial charge in [0, 0.05) is 32.6 Å². The van der Waals surface area contributed by atoms with E-state index in [9.17, 15) is 0 Å². The summed E-state index contributed by atoms with van der Waals surface area (Å²) < 4.78 is 17.5. The topological polar surface area (TPSA) is 56.7 Å². The maximum Gasteiger partial charge on any atom is 0.114 e. The first-order valence-electron chi connectivity index (χ1n) is 8.65. The minimum absolute atomic E-state index is 0.00460. The van der Waals surface area contributed by atoms with E-state index in [2.05, 4.69) is 14.9 Å². The molecule has 0 saturated carbocycles. The second kappa shape index (κ2) is 7.58. The van der Waals surface area contributed by atoms with Gasteiger partial charge in [-0.25, -0.2) is 0 Å². The fourth-order valence-electron chi connectivity index (χ4n) is 3.65. The lowest BCUT2D eigenvalue weighted by Crippen LogP contribution is -2.44. The number of hydrogen-bond donors (Lipinski definition) is 0. The van der Waals surface area contributed by atoms with Crippen LogP contribution in [-0.4, -0.2) is 59.5 Å². The van der Waals surface area contributed by atoms with E-state index in [1.54, 1.807) is 7.11 Å². The second-order valence-electron chi connectivity index (χ2n) is 6.48. The first-order chi connectivity index (χ1) is 12.3. The van der Waals surface area contributed by atoms with E-state index in [4.69, 9.17) is 14.2 Å². The Morgan fingerprint density at radius 2 is 1.60 bits per heavy atom. The molecule has 6 heteroatoms. The van der Waals surface area contributed by atoms with Gasteiger partial charge in [-0.15, -0.1) is 0 Å². The monoisotopic (exact) mass is 341 g/mol. The molecule has 4 heterocycles. The molecule has 132 valence electrons. The Morgan fingerprint density at radius 3 is 2.16 bits per heavy atom. The lowest BCUT2D eigenvalue weighted by Gasteiger charge is -2.30. The smallest absolute Gasteiger partial charge is 0.114 e. The summed E-state index contributed by atoms with van der Waals surface area (Å²) in [6.07, 6.45) is 3.70. The Balaban J connectivity index is 1.55. The van der Waals surface area contributed by atoms with Crippen LogP contribution in [0, 0.1) is 0 Å². The molecule has 2 fully saturated rings. The van der Waals surface area contributed by atoms with Crippen LogP contribution in [0.3, 0.4) is 0 Å². The molecule has 25 heavy (non-hydrogen) atoms. The van der Waals surface area contributed by atoms with Crippen LogP contribution < -0.4 is 0 Å². The maximum absolute atomic E-state index is 6.02. The fraction of sp³-hybridized carbons (Fsp3) is 0.474. The predicted octanol–water partition coefficient (Wildman–Crippen LogP) is 1.66. The zero-order chi connectivity index (χ0) is 17.1. The van der Waals surface area contributed by atoms with Crippen LogP contribution >= 0.6 is 0 Å². The Bertz CT molecular complexity index is 629. The third-order valence-electron chi connectivity index (χ3n) is 4.94. The van der Waals surface area contributed by atoms with Gasteiger partial charge in [0.05, 0.1) is 30.6 Å².